The highest BCUT2D eigenvalue weighted by molar-refractivity contribution is 6.00. The van der Waals surface area contributed by atoms with E-state index in [4.69, 9.17) is 14.5 Å². The number of nitrogens with zero attached hydrogens (tertiary/aromatic N) is 2. The molecule has 0 saturated carbocycles. The van der Waals surface area contributed by atoms with Crippen LogP contribution in [0.5, 0.6) is 5.75 Å². The van der Waals surface area contributed by atoms with Gasteiger partial charge in [0.15, 0.2) is 11.6 Å². The van der Waals surface area contributed by atoms with E-state index in [9.17, 15) is 4.79 Å². The number of carbonyl (C=O) groups is 1. The number of aromatic nitrogens is 2. The average Bonchev–Trinajstić information content (AvgIpc) is 3.13. The first-order valence-electron chi connectivity index (χ1n) is 11.1. The fraction of sp³-hybridized carbons (Fsp3) is 0.333. The number of carbonyl (C=O) groups excluding carboxylic acids is 1. The molecule has 1 aliphatic heterocycles. The summed E-state index contributed by atoms with van der Waals surface area (Å²) < 4.78 is 27.9. The third-order valence-corrected chi connectivity index (χ3v) is 6.56. The molecule has 5 nitrogen and oxygen atoms in total. The Kier molecular flexibility index (Phi) is 6.11. The van der Waals surface area contributed by atoms with Crippen molar-refractivity contribution in [1.82, 2.24) is 9.55 Å². The van der Waals surface area contributed by atoms with Gasteiger partial charge in [-0.05, 0) is 73.6 Å². The van der Waals surface area contributed by atoms with Gasteiger partial charge in [-0.2, -0.15) is 0 Å². The van der Waals surface area contributed by atoms with Crippen LogP contribution in [-0.2, 0) is 29.4 Å². The fourth-order valence-corrected chi connectivity index (χ4v) is 4.79. The SMILES string of the molecule is C=CC(=CC)c1cc2c(-c3cc(F)c4c(c3C)CCCO4)c(CC(=O)OC)c(C)nc2n1C. The van der Waals surface area contributed by atoms with Crippen molar-refractivity contribution in [3.8, 4) is 16.9 Å². The number of pyridine rings is 1. The molecule has 1 aromatic carbocycles. The maximum atomic E-state index is 15.2. The van der Waals surface area contributed by atoms with Crippen LogP contribution in [0.25, 0.3) is 27.7 Å². The largest absolute Gasteiger partial charge is 0.490 e. The molecule has 2 aromatic heterocycles. The van der Waals surface area contributed by atoms with Gasteiger partial charge < -0.3 is 14.0 Å². The number of fused-ring (bicyclic) bond motifs is 2. The number of allylic oxidation sites excluding steroid dienone is 3. The van der Waals surface area contributed by atoms with Crippen molar-refractivity contribution < 1.29 is 18.7 Å². The van der Waals surface area contributed by atoms with Crippen molar-refractivity contribution in [2.75, 3.05) is 13.7 Å². The van der Waals surface area contributed by atoms with Gasteiger partial charge in [0.25, 0.3) is 0 Å². The van der Waals surface area contributed by atoms with Crippen LogP contribution in [-0.4, -0.2) is 29.2 Å². The molecular weight excluding hydrogens is 419 g/mol. The third-order valence-electron chi connectivity index (χ3n) is 6.56. The second-order valence-electron chi connectivity index (χ2n) is 8.37. The summed E-state index contributed by atoms with van der Waals surface area (Å²) in [6, 6.07) is 3.58. The van der Waals surface area contributed by atoms with E-state index in [2.05, 4.69) is 6.58 Å². The van der Waals surface area contributed by atoms with Crippen molar-refractivity contribution in [3.63, 3.8) is 0 Å². The molecule has 0 unspecified atom stereocenters. The normalized spacial score (nSPS) is 13.6. The summed E-state index contributed by atoms with van der Waals surface area (Å²) in [5, 5.41) is 0.859. The van der Waals surface area contributed by atoms with Crippen LogP contribution in [0.15, 0.2) is 30.9 Å². The Morgan fingerprint density at radius 2 is 2.12 bits per heavy atom. The molecule has 0 fully saturated rings. The van der Waals surface area contributed by atoms with Crippen molar-refractivity contribution in [2.24, 2.45) is 7.05 Å². The maximum Gasteiger partial charge on any atom is 0.310 e. The van der Waals surface area contributed by atoms with Gasteiger partial charge >= 0.3 is 5.97 Å². The number of esters is 1. The second-order valence-corrected chi connectivity index (χ2v) is 8.37. The molecule has 3 aromatic rings. The molecule has 33 heavy (non-hydrogen) atoms. The standard InChI is InChI=1S/C27H29FN2O3/c1-7-17(8-2)23-13-21-25(19-12-22(28)26-18(15(19)3)10-9-11-33-26)20(14-24(31)32-6)16(4)29-27(21)30(23)5/h7-8,12-13H,1,9-11,14H2,2-6H3. The lowest BCUT2D eigenvalue weighted by molar-refractivity contribution is -0.139. The molecule has 0 aliphatic carbocycles. The van der Waals surface area contributed by atoms with Crippen LogP contribution in [0.3, 0.4) is 0 Å². The zero-order valence-electron chi connectivity index (χ0n) is 19.8. The molecular formula is C27H29FN2O3. The van der Waals surface area contributed by atoms with E-state index in [1.807, 2.05) is 44.5 Å². The smallest absolute Gasteiger partial charge is 0.310 e. The lowest BCUT2D eigenvalue weighted by atomic mass is 9.87. The Bertz CT molecular complexity index is 1320. The fourth-order valence-electron chi connectivity index (χ4n) is 4.79. The summed E-state index contributed by atoms with van der Waals surface area (Å²) in [6.07, 6.45) is 5.44. The van der Waals surface area contributed by atoms with E-state index in [1.54, 1.807) is 6.08 Å². The molecule has 0 bridgehead atoms. The second kappa shape index (κ2) is 8.85. The summed E-state index contributed by atoms with van der Waals surface area (Å²) in [6.45, 7) is 10.3. The van der Waals surface area contributed by atoms with Gasteiger partial charge in [-0.3, -0.25) is 4.79 Å². The van der Waals surface area contributed by atoms with Gasteiger partial charge in [-0.25, -0.2) is 9.37 Å². The molecule has 0 spiro atoms. The number of hydrogen-bond acceptors (Lipinski definition) is 4. The topological polar surface area (TPSA) is 53.4 Å². The highest BCUT2D eigenvalue weighted by atomic mass is 19.1. The quantitative estimate of drug-likeness (QED) is 0.375. The Morgan fingerprint density at radius 1 is 1.36 bits per heavy atom. The minimum atomic E-state index is -0.381. The van der Waals surface area contributed by atoms with Gasteiger partial charge in [-0.15, -0.1) is 0 Å². The van der Waals surface area contributed by atoms with Crippen LogP contribution in [0.4, 0.5) is 4.39 Å². The molecule has 6 heteroatoms. The minimum absolute atomic E-state index is 0.0530. The molecule has 172 valence electrons. The molecule has 0 N–H and O–H groups in total. The van der Waals surface area contributed by atoms with Crippen LogP contribution >= 0.6 is 0 Å². The van der Waals surface area contributed by atoms with Gasteiger partial charge in [-0.1, -0.05) is 18.7 Å². The lowest BCUT2D eigenvalue weighted by Gasteiger charge is -2.23. The van der Waals surface area contributed by atoms with E-state index in [0.29, 0.717) is 18.1 Å². The number of benzene rings is 1. The van der Waals surface area contributed by atoms with Gasteiger partial charge in [0.05, 0.1) is 20.1 Å². The highest BCUT2D eigenvalue weighted by Crippen LogP contribution is 2.42. The van der Waals surface area contributed by atoms with Crippen LogP contribution in [0.1, 0.15) is 41.4 Å². The van der Waals surface area contributed by atoms with E-state index >= 15 is 4.39 Å². The van der Waals surface area contributed by atoms with Gasteiger partial charge in [0.1, 0.15) is 5.65 Å². The van der Waals surface area contributed by atoms with E-state index in [0.717, 1.165) is 63.0 Å². The van der Waals surface area contributed by atoms with Crippen molar-refractivity contribution in [3.05, 3.63) is 64.8 Å². The summed E-state index contributed by atoms with van der Waals surface area (Å²) in [4.78, 5) is 17.2. The molecule has 0 radical (unpaired) electrons. The number of rotatable bonds is 5. The Hall–Kier alpha value is -3.41. The number of halogens is 1. The van der Waals surface area contributed by atoms with Gasteiger partial charge in [0.2, 0.25) is 0 Å². The summed E-state index contributed by atoms with van der Waals surface area (Å²) >= 11 is 0. The Balaban J connectivity index is 2.12. The molecule has 3 heterocycles. The lowest BCUT2D eigenvalue weighted by Crippen LogP contribution is -2.13. The maximum absolute atomic E-state index is 15.2. The average molecular weight is 449 g/mol. The van der Waals surface area contributed by atoms with Crippen molar-refractivity contribution >= 4 is 22.6 Å². The third kappa shape index (κ3) is 3.73. The number of methoxy groups -OCH3 is 1. The van der Waals surface area contributed by atoms with Crippen molar-refractivity contribution in [2.45, 2.75) is 40.0 Å². The Morgan fingerprint density at radius 3 is 2.79 bits per heavy atom. The van der Waals surface area contributed by atoms with Crippen LogP contribution < -0.4 is 4.74 Å². The molecule has 0 saturated heterocycles. The monoisotopic (exact) mass is 448 g/mol. The number of ether oxygens (including phenoxy) is 2. The first kappa shape index (κ1) is 22.8. The molecule has 1 aliphatic rings. The zero-order chi connectivity index (χ0) is 23.9. The molecule has 0 amide bonds. The summed E-state index contributed by atoms with van der Waals surface area (Å²) in [5.41, 5.74) is 7.56. The number of aryl methyl sites for hydroxylation is 2. The van der Waals surface area contributed by atoms with E-state index in [-0.39, 0.29) is 18.2 Å². The van der Waals surface area contributed by atoms with Gasteiger partial charge in [0, 0.05) is 29.4 Å². The molecule has 4 rings (SSSR count). The predicted octanol–water partition coefficient (Wildman–Crippen LogP) is 5.63. The molecule has 0 atom stereocenters. The van der Waals surface area contributed by atoms with Crippen LogP contribution in [0, 0.1) is 19.7 Å². The summed E-state index contributed by atoms with van der Waals surface area (Å²) in [5.74, 6) is -0.403. The van der Waals surface area contributed by atoms with Crippen LogP contribution in [0.2, 0.25) is 0 Å². The zero-order valence-corrected chi connectivity index (χ0v) is 19.8. The van der Waals surface area contributed by atoms with E-state index < -0.39 is 0 Å². The Labute approximate surface area is 193 Å². The predicted molar refractivity (Wildman–Crippen MR) is 129 cm³/mol. The first-order chi connectivity index (χ1) is 15.8. The summed E-state index contributed by atoms with van der Waals surface area (Å²) in [7, 11) is 3.32. The minimum Gasteiger partial charge on any atom is -0.490 e. The van der Waals surface area contributed by atoms with Crippen molar-refractivity contribution in [1.29, 1.82) is 0 Å². The highest BCUT2D eigenvalue weighted by Gasteiger charge is 2.26. The van der Waals surface area contributed by atoms with E-state index in [1.165, 1.54) is 13.2 Å². The number of hydrogen-bond donors (Lipinski definition) is 0. The first-order valence-corrected chi connectivity index (χ1v) is 11.1.